The molecular formula is C15H19F2N3O2. The van der Waals surface area contributed by atoms with Crippen molar-refractivity contribution in [2.45, 2.75) is 12.3 Å². The molecule has 1 aromatic carbocycles. The number of halogens is 2. The van der Waals surface area contributed by atoms with Crippen LogP contribution in [0.5, 0.6) is 5.75 Å². The van der Waals surface area contributed by atoms with Gasteiger partial charge in [-0.3, -0.25) is 4.99 Å². The average Bonchev–Trinajstić information content (AvgIpc) is 2.95. The van der Waals surface area contributed by atoms with Crippen LogP contribution in [0.3, 0.4) is 0 Å². The van der Waals surface area contributed by atoms with E-state index >= 15 is 0 Å². The summed E-state index contributed by atoms with van der Waals surface area (Å²) < 4.78 is 38.4. The second kappa shape index (κ2) is 6.58. The molecule has 120 valence electrons. The van der Waals surface area contributed by atoms with E-state index in [2.05, 4.69) is 10.4 Å². The second-order valence-corrected chi connectivity index (χ2v) is 5.40. The number of nitrogens with zero attached hydrogens (tertiary/aromatic N) is 2. The van der Waals surface area contributed by atoms with Crippen molar-refractivity contribution in [2.24, 2.45) is 4.99 Å². The molecule has 1 aromatic rings. The Hall–Kier alpha value is -1.73. The summed E-state index contributed by atoms with van der Waals surface area (Å²) >= 11 is 0. The fourth-order valence-electron chi connectivity index (χ4n) is 2.78. The Morgan fingerprint density at radius 1 is 1.27 bits per heavy atom. The van der Waals surface area contributed by atoms with Crippen molar-refractivity contribution in [2.75, 3.05) is 40.0 Å². The van der Waals surface area contributed by atoms with Gasteiger partial charge in [0.05, 0.1) is 20.3 Å². The molecule has 1 fully saturated rings. The van der Waals surface area contributed by atoms with Gasteiger partial charge in [0.2, 0.25) is 0 Å². The molecule has 0 spiro atoms. The predicted octanol–water partition coefficient (Wildman–Crippen LogP) is 1.70. The summed E-state index contributed by atoms with van der Waals surface area (Å²) in [5.74, 6) is -0.491. The van der Waals surface area contributed by atoms with Crippen molar-refractivity contribution in [1.82, 2.24) is 10.4 Å². The zero-order chi connectivity index (χ0) is 15.5. The van der Waals surface area contributed by atoms with Gasteiger partial charge in [-0.1, -0.05) is 0 Å². The number of hydrogen-bond acceptors (Lipinski definition) is 5. The molecule has 0 amide bonds. The van der Waals surface area contributed by atoms with Crippen LogP contribution < -0.4 is 10.2 Å². The number of nitrogens with one attached hydrogen (secondary N) is 1. The smallest absolute Gasteiger partial charge is 0.133 e. The first-order valence-corrected chi connectivity index (χ1v) is 7.33. The lowest BCUT2D eigenvalue weighted by Gasteiger charge is -2.28. The summed E-state index contributed by atoms with van der Waals surface area (Å²) in [6.07, 6.45) is 0.498. The number of benzene rings is 1. The Bertz CT molecular complexity index is 551. The third-order valence-electron chi connectivity index (χ3n) is 3.94. The van der Waals surface area contributed by atoms with E-state index in [1.807, 2.05) is 5.01 Å². The molecule has 2 aliphatic rings. The van der Waals surface area contributed by atoms with Crippen LogP contribution in [-0.2, 0) is 4.74 Å². The first-order valence-electron chi connectivity index (χ1n) is 7.33. The van der Waals surface area contributed by atoms with E-state index in [9.17, 15) is 8.78 Å². The number of aliphatic imine (C=N–C) groups is 1. The Balaban J connectivity index is 1.66. The third kappa shape index (κ3) is 3.20. The van der Waals surface area contributed by atoms with Crippen molar-refractivity contribution in [3.05, 3.63) is 29.3 Å². The molecule has 1 saturated heterocycles. The van der Waals surface area contributed by atoms with Gasteiger partial charge >= 0.3 is 0 Å². The van der Waals surface area contributed by atoms with E-state index in [4.69, 9.17) is 9.47 Å². The van der Waals surface area contributed by atoms with Crippen LogP contribution in [0.4, 0.5) is 8.78 Å². The van der Waals surface area contributed by atoms with Crippen LogP contribution in [0.1, 0.15) is 17.9 Å². The molecule has 1 unspecified atom stereocenters. The number of rotatable bonds is 3. The fraction of sp³-hybridized carbons (Fsp3) is 0.533. The normalized spacial score (nSPS) is 22.5. The summed E-state index contributed by atoms with van der Waals surface area (Å²) in [5.41, 5.74) is 3.30. The highest BCUT2D eigenvalue weighted by atomic mass is 19.1. The quantitative estimate of drug-likeness (QED) is 0.923. The molecule has 0 radical (unpaired) electrons. The lowest BCUT2D eigenvalue weighted by molar-refractivity contribution is 0.0245. The van der Waals surface area contributed by atoms with Gasteiger partial charge in [-0.2, -0.15) is 0 Å². The zero-order valence-corrected chi connectivity index (χ0v) is 12.4. The lowest BCUT2D eigenvalue weighted by atomic mass is 9.96. The maximum absolute atomic E-state index is 14.1. The summed E-state index contributed by atoms with van der Waals surface area (Å²) in [7, 11) is 1.39. The number of amidine groups is 1. The average molecular weight is 311 g/mol. The lowest BCUT2D eigenvalue weighted by Crippen LogP contribution is -2.48. The van der Waals surface area contributed by atoms with Crippen LogP contribution in [0.25, 0.3) is 0 Å². The van der Waals surface area contributed by atoms with Gasteiger partial charge in [-0.25, -0.2) is 13.8 Å². The first-order chi connectivity index (χ1) is 10.7. The highest BCUT2D eigenvalue weighted by Gasteiger charge is 2.27. The number of hydrogen-bond donors (Lipinski definition) is 1. The molecule has 22 heavy (non-hydrogen) atoms. The standard InChI is InChI=1S/C15H19F2N3O2/c1-21-11-7-12(16)15(13(17)8-11)10-6-14(18-9-10)19-20-2-4-22-5-3-20/h7-8,10H,2-6,9H2,1H3,(H,18,19). The topological polar surface area (TPSA) is 46.1 Å². The first kappa shape index (κ1) is 15.2. The Labute approximate surface area is 127 Å². The molecule has 2 aliphatic heterocycles. The summed E-state index contributed by atoms with van der Waals surface area (Å²) in [5, 5.41) is 2.02. The van der Waals surface area contributed by atoms with E-state index in [0.29, 0.717) is 26.2 Å². The van der Waals surface area contributed by atoms with Gasteiger partial charge in [-0.15, -0.1) is 0 Å². The Morgan fingerprint density at radius 2 is 1.95 bits per heavy atom. The van der Waals surface area contributed by atoms with Crippen LogP contribution in [0.15, 0.2) is 17.1 Å². The molecule has 7 heteroatoms. The highest BCUT2D eigenvalue weighted by Crippen LogP contribution is 2.32. The minimum absolute atomic E-state index is 0.0864. The summed E-state index contributed by atoms with van der Waals surface area (Å²) in [6, 6.07) is 2.43. The molecule has 3 rings (SSSR count). The van der Waals surface area contributed by atoms with Gasteiger partial charge in [0.1, 0.15) is 23.2 Å². The van der Waals surface area contributed by atoms with Gasteiger partial charge in [0, 0.05) is 49.7 Å². The predicted molar refractivity (Wildman–Crippen MR) is 78.1 cm³/mol. The summed E-state index contributed by atoms with van der Waals surface area (Å²) in [6.45, 7) is 3.27. The van der Waals surface area contributed by atoms with Gasteiger partial charge in [0.25, 0.3) is 0 Å². The summed E-state index contributed by atoms with van der Waals surface area (Å²) in [4.78, 5) is 4.37. The number of morpholine rings is 1. The molecule has 0 bridgehead atoms. The maximum Gasteiger partial charge on any atom is 0.133 e. The Kier molecular flexibility index (Phi) is 4.54. The van der Waals surface area contributed by atoms with Crippen molar-refractivity contribution in [3.8, 4) is 5.75 Å². The van der Waals surface area contributed by atoms with Crippen LogP contribution in [-0.4, -0.2) is 50.8 Å². The van der Waals surface area contributed by atoms with E-state index in [1.165, 1.54) is 19.2 Å². The van der Waals surface area contributed by atoms with Crippen molar-refractivity contribution >= 4 is 5.84 Å². The highest BCUT2D eigenvalue weighted by molar-refractivity contribution is 5.84. The van der Waals surface area contributed by atoms with Crippen LogP contribution in [0.2, 0.25) is 0 Å². The monoisotopic (exact) mass is 311 g/mol. The SMILES string of the molecule is COc1cc(F)c(C2CN=C(NN3CCOCC3)C2)c(F)c1. The van der Waals surface area contributed by atoms with Crippen LogP contribution >= 0.6 is 0 Å². The molecule has 1 N–H and O–H groups in total. The number of ether oxygens (including phenoxy) is 2. The van der Waals surface area contributed by atoms with E-state index in [-0.39, 0.29) is 17.2 Å². The second-order valence-electron chi connectivity index (χ2n) is 5.40. The van der Waals surface area contributed by atoms with E-state index in [0.717, 1.165) is 18.9 Å². The van der Waals surface area contributed by atoms with Gasteiger partial charge in [-0.05, 0) is 0 Å². The van der Waals surface area contributed by atoms with Crippen LogP contribution in [0, 0.1) is 11.6 Å². The third-order valence-corrected chi connectivity index (χ3v) is 3.94. The fourth-order valence-corrected chi connectivity index (χ4v) is 2.78. The van der Waals surface area contributed by atoms with E-state index < -0.39 is 11.6 Å². The van der Waals surface area contributed by atoms with Crippen molar-refractivity contribution in [3.63, 3.8) is 0 Å². The van der Waals surface area contributed by atoms with E-state index in [1.54, 1.807) is 0 Å². The Morgan fingerprint density at radius 3 is 2.59 bits per heavy atom. The minimum atomic E-state index is -0.579. The molecule has 5 nitrogen and oxygen atoms in total. The minimum Gasteiger partial charge on any atom is -0.497 e. The molecule has 0 saturated carbocycles. The zero-order valence-electron chi connectivity index (χ0n) is 12.4. The largest absolute Gasteiger partial charge is 0.497 e. The van der Waals surface area contributed by atoms with Crippen molar-refractivity contribution < 1.29 is 18.3 Å². The molecular weight excluding hydrogens is 292 g/mol. The van der Waals surface area contributed by atoms with Gasteiger partial charge in [0.15, 0.2) is 0 Å². The number of methoxy groups -OCH3 is 1. The molecule has 0 aromatic heterocycles. The number of hydrazine groups is 1. The maximum atomic E-state index is 14.1. The molecule has 0 aliphatic carbocycles. The van der Waals surface area contributed by atoms with Crippen molar-refractivity contribution in [1.29, 1.82) is 0 Å². The molecule has 2 heterocycles. The molecule has 1 atom stereocenters. The van der Waals surface area contributed by atoms with Gasteiger partial charge < -0.3 is 14.9 Å².